The summed E-state index contributed by atoms with van der Waals surface area (Å²) in [6.07, 6.45) is 5.52. The van der Waals surface area contributed by atoms with Crippen molar-refractivity contribution in [2.24, 2.45) is 10.9 Å². The molecule has 0 aromatic heterocycles. The van der Waals surface area contributed by atoms with Gasteiger partial charge in [-0.05, 0) is 38.8 Å². The first-order valence-corrected chi connectivity index (χ1v) is 7.83. The predicted molar refractivity (Wildman–Crippen MR) is 99.1 cm³/mol. The van der Waals surface area contributed by atoms with E-state index < -0.39 is 0 Å². The summed E-state index contributed by atoms with van der Waals surface area (Å²) in [5.41, 5.74) is 0. The van der Waals surface area contributed by atoms with Crippen molar-refractivity contribution in [2.45, 2.75) is 52.5 Å². The number of nitrogens with zero attached hydrogens (tertiary/aromatic N) is 2. The molecule has 1 unspecified atom stereocenters. The molecule has 0 aromatic carbocycles. The zero-order valence-corrected chi connectivity index (χ0v) is 15.9. The van der Waals surface area contributed by atoms with Crippen LogP contribution in [0.3, 0.4) is 0 Å². The monoisotopic (exact) mass is 396 g/mol. The van der Waals surface area contributed by atoms with Crippen LogP contribution in [-0.2, 0) is 0 Å². The van der Waals surface area contributed by atoms with Crippen LogP contribution in [0.2, 0.25) is 0 Å². The molecule has 20 heavy (non-hydrogen) atoms. The summed E-state index contributed by atoms with van der Waals surface area (Å²) in [4.78, 5) is 6.86. The fourth-order valence-corrected chi connectivity index (χ4v) is 2.27. The Bertz CT molecular complexity index is 261. The van der Waals surface area contributed by atoms with Crippen molar-refractivity contribution in [3.8, 4) is 0 Å². The molecule has 1 aliphatic heterocycles. The number of hydrogen-bond donors (Lipinski definition) is 2. The molecule has 1 atom stereocenters. The second-order valence-corrected chi connectivity index (χ2v) is 5.93. The van der Waals surface area contributed by atoms with E-state index >= 15 is 0 Å². The van der Waals surface area contributed by atoms with Gasteiger partial charge in [0.05, 0.1) is 0 Å². The van der Waals surface area contributed by atoms with Gasteiger partial charge in [-0.1, -0.05) is 26.7 Å². The number of nitrogens with one attached hydrogen (secondary N) is 2. The van der Waals surface area contributed by atoms with Crippen LogP contribution in [0.5, 0.6) is 0 Å². The molecule has 0 aliphatic carbocycles. The van der Waals surface area contributed by atoms with Gasteiger partial charge in [-0.25, -0.2) is 0 Å². The van der Waals surface area contributed by atoms with Crippen molar-refractivity contribution in [1.29, 1.82) is 0 Å². The number of rotatable bonds is 5. The maximum atomic E-state index is 4.29. The lowest BCUT2D eigenvalue weighted by atomic mass is 10.1. The third-order valence-electron chi connectivity index (χ3n) is 4.01. The number of likely N-dealkylation sites (tertiary alicyclic amines) is 1. The van der Waals surface area contributed by atoms with E-state index in [2.05, 4.69) is 41.3 Å². The summed E-state index contributed by atoms with van der Waals surface area (Å²) in [5, 5.41) is 6.86. The summed E-state index contributed by atoms with van der Waals surface area (Å²) in [7, 11) is 1.84. The molecule has 2 N–H and O–H groups in total. The fourth-order valence-electron chi connectivity index (χ4n) is 2.27. The van der Waals surface area contributed by atoms with Crippen LogP contribution < -0.4 is 10.6 Å². The largest absolute Gasteiger partial charge is 0.355 e. The van der Waals surface area contributed by atoms with Crippen LogP contribution >= 0.6 is 24.0 Å². The van der Waals surface area contributed by atoms with Crippen molar-refractivity contribution < 1.29 is 0 Å². The van der Waals surface area contributed by atoms with Crippen molar-refractivity contribution in [1.82, 2.24) is 15.5 Å². The third kappa shape index (κ3) is 8.29. The van der Waals surface area contributed by atoms with Gasteiger partial charge in [0.25, 0.3) is 0 Å². The van der Waals surface area contributed by atoms with Gasteiger partial charge in [0, 0.05) is 26.2 Å². The molecular formula is C15H33IN4. The Kier molecular flexibility index (Phi) is 11.6. The molecule has 1 rings (SSSR count). The molecule has 0 aromatic rings. The van der Waals surface area contributed by atoms with Crippen LogP contribution in [0.1, 0.15) is 46.5 Å². The van der Waals surface area contributed by atoms with Gasteiger partial charge >= 0.3 is 0 Å². The van der Waals surface area contributed by atoms with E-state index in [-0.39, 0.29) is 24.0 Å². The van der Waals surface area contributed by atoms with Crippen LogP contribution in [-0.4, -0.2) is 50.1 Å². The molecule has 1 heterocycles. The van der Waals surface area contributed by atoms with Crippen molar-refractivity contribution in [2.75, 3.05) is 33.2 Å². The SMILES string of the molecule is CN=C(NCCN1CCCCCC1)NC(C)C(C)C.I. The maximum Gasteiger partial charge on any atom is 0.191 e. The van der Waals surface area contributed by atoms with E-state index in [4.69, 9.17) is 0 Å². The number of hydrogen-bond acceptors (Lipinski definition) is 2. The lowest BCUT2D eigenvalue weighted by molar-refractivity contribution is 0.289. The van der Waals surface area contributed by atoms with E-state index in [1.165, 1.54) is 38.8 Å². The second-order valence-electron chi connectivity index (χ2n) is 5.93. The third-order valence-corrected chi connectivity index (χ3v) is 4.01. The van der Waals surface area contributed by atoms with Gasteiger partial charge in [-0.15, -0.1) is 24.0 Å². The lowest BCUT2D eigenvalue weighted by Crippen LogP contribution is -2.46. The van der Waals surface area contributed by atoms with Crippen LogP contribution in [0.15, 0.2) is 4.99 Å². The zero-order chi connectivity index (χ0) is 14.1. The predicted octanol–water partition coefficient (Wildman–Crippen LogP) is 2.69. The highest BCUT2D eigenvalue weighted by Crippen LogP contribution is 2.08. The van der Waals surface area contributed by atoms with E-state index in [1.54, 1.807) is 0 Å². The molecule has 1 saturated heterocycles. The number of halogens is 1. The Hall–Kier alpha value is -0.0400. The smallest absolute Gasteiger partial charge is 0.191 e. The molecule has 0 radical (unpaired) electrons. The van der Waals surface area contributed by atoms with Gasteiger partial charge in [-0.3, -0.25) is 4.99 Å². The number of guanidine groups is 1. The average molecular weight is 396 g/mol. The molecule has 5 heteroatoms. The summed E-state index contributed by atoms with van der Waals surface area (Å²) in [6, 6.07) is 0.449. The van der Waals surface area contributed by atoms with Crippen LogP contribution in [0.4, 0.5) is 0 Å². The average Bonchev–Trinajstić information content (AvgIpc) is 2.65. The minimum absolute atomic E-state index is 0. The topological polar surface area (TPSA) is 39.7 Å². The van der Waals surface area contributed by atoms with E-state index in [0.29, 0.717) is 12.0 Å². The minimum atomic E-state index is 0. The van der Waals surface area contributed by atoms with Crippen molar-refractivity contribution in [3.63, 3.8) is 0 Å². The van der Waals surface area contributed by atoms with E-state index in [1.807, 2.05) is 7.05 Å². The van der Waals surface area contributed by atoms with Gasteiger partial charge in [0.15, 0.2) is 5.96 Å². The first-order chi connectivity index (χ1) is 9.13. The van der Waals surface area contributed by atoms with Gasteiger partial charge in [-0.2, -0.15) is 0 Å². The summed E-state index contributed by atoms with van der Waals surface area (Å²) in [5.74, 6) is 1.54. The highest BCUT2D eigenvalue weighted by Gasteiger charge is 2.10. The van der Waals surface area contributed by atoms with Gasteiger partial charge in [0.1, 0.15) is 0 Å². The van der Waals surface area contributed by atoms with Gasteiger partial charge < -0.3 is 15.5 Å². The standard InChI is InChI=1S/C15H32N4.HI/c1-13(2)14(3)18-15(16-4)17-9-12-19-10-7-5-6-8-11-19;/h13-14H,5-12H2,1-4H3,(H2,16,17,18);1H. The lowest BCUT2D eigenvalue weighted by Gasteiger charge is -2.23. The normalized spacial score (nSPS) is 19.1. The van der Waals surface area contributed by atoms with Crippen molar-refractivity contribution in [3.05, 3.63) is 0 Å². The minimum Gasteiger partial charge on any atom is -0.355 e. The van der Waals surface area contributed by atoms with E-state index in [0.717, 1.165) is 19.0 Å². The number of aliphatic imine (C=N–C) groups is 1. The first-order valence-electron chi connectivity index (χ1n) is 7.83. The fraction of sp³-hybridized carbons (Fsp3) is 0.933. The van der Waals surface area contributed by atoms with Crippen LogP contribution in [0, 0.1) is 5.92 Å². The van der Waals surface area contributed by atoms with Crippen molar-refractivity contribution >= 4 is 29.9 Å². The molecule has 1 aliphatic rings. The van der Waals surface area contributed by atoms with Crippen LogP contribution in [0.25, 0.3) is 0 Å². The highest BCUT2D eigenvalue weighted by molar-refractivity contribution is 14.0. The molecule has 0 bridgehead atoms. The van der Waals surface area contributed by atoms with E-state index in [9.17, 15) is 0 Å². The maximum absolute atomic E-state index is 4.29. The molecule has 0 spiro atoms. The molecule has 0 saturated carbocycles. The summed E-state index contributed by atoms with van der Waals surface area (Å²) < 4.78 is 0. The Morgan fingerprint density at radius 1 is 1.10 bits per heavy atom. The Morgan fingerprint density at radius 3 is 2.20 bits per heavy atom. The Labute approximate surface area is 142 Å². The molecule has 0 amide bonds. The Morgan fingerprint density at radius 2 is 1.70 bits per heavy atom. The molecular weight excluding hydrogens is 363 g/mol. The van der Waals surface area contributed by atoms with Gasteiger partial charge in [0.2, 0.25) is 0 Å². The zero-order valence-electron chi connectivity index (χ0n) is 13.6. The highest BCUT2D eigenvalue weighted by atomic mass is 127. The summed E-state index contributed by atoms with van der Waals surface area (Å²) in [6.45, 7) is 11.3. The first kappa shape index (κ1) is 20.0. The second kappa shape index (κ2) is 11.6. The molecule has 120 valence electrons. The Balaban J connectivity index is 0.00000361. The molecule has 4 nitrogen and oxygen atoms in total. The molecule has 1 fully saturated rings. The quantitative estimate of drug-likeness (QED) is 0.427. The summed E-state index contributed by atoms with van der Waals surface area (Å²) >= 11 is 0.